The van der Waals surface area contributed by atoms with Crippen molar-refractivity contribution in [1.29, 1.82) is 0 Å². The second kappa shape index (κ2) is 4.78. The van der Waals surface area contributed by atoms with Crippen LogP contribution < -0.4 is 15.4 Å². The molecule has 1 fully saturated rings. The molecule has 3 rings (SSSR count). The molecular weight excluding hydrogens is 252 g/mol. The number of benzene rings is 1. The first-order valence-corrected chi connectivity index (χ1v) is 6.01. The Bertz CT molecular complexity index is 470. The summed E-state index contributed by atoms with van der Waals surface area (Å²) in [5.41, 5.74) is 1.22. The van der Waals surface area contributed by atoms with E-state index in [1.54, 1.807) is 0 Å². The van der Waals surface area contributed by atoms with E-state index in [-0.39, 0.29) is 18.3 Å². The largest absolute Gasteiger partial charge is 0.467 e. The van der Waals surface area contributed by atoms with E-state index in [9.17, 15) is 4.79 Å². The first-order chi connectivity index (χ1) is 8.19. The van der Waals surface area contributed by atoms with Gasteiger partial charge < -0.3 is 15.4 Å². The number of carbonyl (C=O) groups excluding carboxylic acids is 1. The van der Waals surface area contributed by atoms with Crippen molar-refractivity contribution < 1.29 is 9.53 Å². The molecule has 0 radical (unpaired) electrons. The lowest BCUT2D eigenvalue weighted by atomic mass is 9.97. The molecule has 1 aromatic carbocycles. The number of halogens is 1. The third-order valence-corrected chi connectivity index (χ3v) is 3.44. The van der Waals surface area contributed by atoms with Gasteiger partial charge in [0.2, 0.25) is 0 Å². The number of amides is 1. The minimum absolute atomic E-state index is 0. The average Bonchev–Trinajstić information content (AvgIpc) is 2.31. The van der Waals surface area contributed by atoms with E-state index in [2.05, 4.69) is 10.6 Å². The van der Waals surface area contributed by atoms with Crippen LogP contribution in [0.15, 0.2) is 18.2 Å². The van der Waals surface area contributed by atoms with Gasteiger partial charge in [0.1, 0.15) is 5.75 Å². The van der Waals surface area contributed by atoms with Crippen LogP contribution >= 0.6 is 12.4 Å². The Morgan fingerprint density at radius 1 is 1.28 bits per heavy atom. The molecule has 2 aliphatic rings. The van der Waals surface area contributed by atoms with Gasteiger partial charge >= 0.3 is 0 Å². The molecule has 1 aromatic rings. The summed E-state index contributed by atoms with van der Waals surface area (Å²) in [5, 5.41) is 6.29. The fourth-order valence-electron chi connectivity index (χ4n) is 2.48. The monoisotopic (exact) mass is 268 g/mol. The number of hydrogen-bond donors (Lipinski definition) is 2. The second-order valence-corrected chi connectivity index (χ2v) is 4.80. The summed E-state index contributed by atoms with van der Waals surface area (Å²) in [7, 11) is 0. The molecule has 0 aromatic heterocycles. The van der Waals surface area contributed by atoms with Crippen LogP contribution in [0.3, 0.4) is 0 Å². The van der Waals surface area contributed by atoms with Gasteiger partial charge in [-0.1, -0.05) is 11.6 Å². The second-order valence-electron chi connectivity index (χ2n) is 4.80. The van der Waals surface area contributed by atoms with Gasteiger partial charge in [-0.05, 0) is 19.1 Å². The molecule has 0 unspecified atom stereocenters. The Morgan fingerprint density at radius 2 is 2.00 bits per heavy atom. The van der Waals surface area contributed by atoms with Gasteiger partial charge in [0.05, 0.1) is 5.56 Å². The smallest absolute Gasteiger partial charge is 0.258 e. The number of fused-ring (bicyclic) bond motifs is 1. The molecule has 2 aliphatic heterocycles. The van der Waals surface area contributed by atoms with Crippen molar-refractivity contribution in [2.75, 3.05) is 13.1 Å². The molecule has 1 saturated heterocycles. The summed E-state index contributed by atoms with van der Waals surface area (Å²) < 4.78 is 6.01. The van der Waals surface area contributed by atoms with Crippen molar-refractivity contribution in [3.8, 4) is 5.75 Å². The van der Waals surface area contributed by atoms with E-state index in [4.69, 9.17) is 4.74 Å². The maximum absolute atomic E-state index is 12.1. The molecule has 98 valence electrons. The summed E-state index contributed by atoms with van der Waals surface area (Å²) in [4.78, 5) is 12.1. The van der Waals surface area contributed by atoms with Crippen molar-refractivity contribution in [1.82, 2.24) is 10.6 Å². The van der Waals surface area contributed by atoms with Crippen molar-refractivity contribution >= 4 is 18.3 Å². The first-order valence-electron chi connectivity index (χ1n) is 6.01. The maximum Gasteiger partial charge on any atom is 0.258 e. The zero-order valence-electron chi connectivity index (χ0n) is 10.3. The first kappa shape index (κ1) is 13.2. The predicted molar refractivity (Wildman–Crippen MR) is 71.4 cm³/mol. The number of hydrogen-bond acceptors (Lipinski definition) is 3. The quantitative estimate of drug-likeness (QED) is 0.752. The molecule has 18 heavy (non-hydrogen) atoms. The Labute approximate surface area is 113 Å². The molecule has 1 amide bonds. The highest BCUT2D eigenvalue weighted by Gasteiger charge is 2.40. The van der Waals surface area contributed by atoms with Gasteiger partial charge in [-0.2, -0.15) is 0 Å². The van der Waals surface area contributed by atoms with Crippen molar-refractivity contribution in [3.63, 3.8) is 0 Å². The number of ether oxygens (including phenoxy) is 1. The highest BCUT2D eigenvalue weighted by Crippen LogP contribution is 2.32. The lowest BCUT2D eigenvalue weighted by Gasteiger charge is -2.41. The van der Waals surface area contributed by atoms with E-state index in [0.29, 0.717) is 11.3 Å². The van der Waals surface area contributed by atoms with Crippen LogP contribution in [-0.2, 0) is 0 Å². The average molecular weight is 269 g/mol. The third-order valence-electron chi connectivity index (χ3n) is 3.44. The lowest BCUT2D eigenvalue weighted by molar-refractivity contribution is -0.00354. The summed E-state index contributed by atoms with van der Waals surface area (Å²) in [5.74, 6) is 0.693. The van der Waals surface area contributed by atoms with Crippen molar-refractivity contribution in [3.05, 3.63) is 29.3 Å². The maximum atomic E-state index is 12.1. The van der Waals surface area contributed by atoms with E-state index >= 15 is 0 Å². The molecule has 5 heteroatoms. The molecule has 0 aliphatic carbocycles. The van der Waals surface area contributed by atoms with Gasteiger partial charge in [0, 0.05) is 25.9 Å². The van der Waals surface area contributed by atoms with Crippen LogP contribution in [0.4, 0.5) is 0 Å². The Hall–Kier alpha value is -1.26. The van der Waals surface area contributed by atoms with Gasteiger partial charge in [0.15, 0.2) is 5.72 Å². The normalized spacial score (nSPS) is 20.4. The van der Waals surface area contributed by atoms with E-state index in [0.717, 1.165) is 31.5 Å². The number of aryl methyl sites for hydroxylation is 1. The summed E-state index contributed by atoms with van der Waals surface area (Å²) in [6.07, 6.45) is 1.62. The predicted octanol–water partition coefficient (Wildman–Crippen LogP) is 1.62. The molecule has 1 spiro atoms. The van der Waals surface area contributed by atoms with Crippen LogP contribution in [0.2, 0.25) is 0 Å². The standard InChI is InChI=1S/C13H16N2O2.ClH/c1-9-2-3-11-10(8-9)12(16)15-13(17-11)4-6-14-7-5-13;/h2-3,8,14H,4-7H2,1H3,(H,15,16);1H. The summed E-state index contributed by atoms with van der Waals surface area (Å²) >= 11 is 0. The fraction of sp³-hybridized carbons (Fsp3) is 0.462. The van der Waals surface area contributed by atoms with Gasteiger partial charge in [0.25, 0.3) is 5.91 Å². The van der Waals surface area contributed by atoms with Crippen LogP contribution in [0.25, 0.3) is 0 Å². The molecule has 2 N–H and O–H groups in total. The molecule has 0 bridgehead atoms. The van der Waals surface area contributed by atoms with Gasteiger partial charge in [-0.15, -0.1) is 12.4 Å². The van der Waals surface area contributed by atoms with Gasteiger partial charge in [-0.25, -0.2) is 0 Å². The number of piperidine rings is 1. The van der Waals surface area contributed by atoms with E-state index < -0.39 is 5.72 Å². The number of nitrogens with one attached hydrogen (secondary N) is 2. The molecule has 0 atom stereocenters. The van der Waals surface area contributed by atoms with Crippen LogP contribution in [0.5, 0.6) is 5.75 Å². The highest BCUT2D eigenvalue weighted by molar-refractivity contribution is 5.98. The zero-order chi connectivity index (χ0) is 11.9. The topological polar surface area (TPSA) is 50.4 Å². The van der Waals surface area contributed by atoms with Crippen LogP contribution in [0, 0.1) is 6.92 Å². The lowest BCUT2D eigenvalue weighted by Crippen LogP contribution is -2.60. The van der Waals surface area contributed by atoms with Gasteiger partial charge in [-0.3, -0.25) is 4.79 Å². The van der Waals surface area contributed by atoms with E-state index in [1.807, 2.05) is 25.1 Å². The molecule has 0 saturated carbocycles. The Morgan fingerprint density at radius 3 is 2.72 bits per heavy atom. The van der Waals surface area contributed by atoms with Crippen molar-refractivity contribution in [2.24, 2.45) is 0 Å². The molecular formula is C13H17ClN2O2. The summed E-state index contributed by atoms with van der Waals surface area (Å²) in [6.45, 7) is 3.73. The summed E-state index contributed by atoms with van der Waals surface area (Å²) in [6, 6.07) is 5.75. The number of carbonyl (C=O) groups is 1. The Kier molecular flexibility index (Phi) is 3.50. The minimum Gasteiger partial charge on any atom is -0.467 e. The zero-order valence-corrected chi connectivity index (χ0v) is 11.1. The minimum atomic E-state index is -0.495. The SMILES string of the molecule is Cc1ccc2c(c1)C(=O)NC1(CCNCC1)O2.Cl. The van der Waals surface area contributed by atoms with Crippen LogP contribution in [-0.4, -0.2) is 24.7 Å². The number of rotatable bonds is 0. The Balaban J connectivity index is 0.00000120. The third kappa shape index (κ3) is 2.18. The van der Waals surface area contributed by atoms with Crippen LogP contribution in [0.1, 0.15) is 28.8 Å². The fourth-order valence-corrected chi connectivity index (χ4v) is 2.48. The van der Waals surface area contributed by atoms with Crippen molar-refractivity contribution in [2.45, 2.75) is 25.5 Å². The van der Waals surface area contributed by atoms with E-state index in [1.165, 1.54) is 0 Å². The molecule has 2 heterocycles. The highest BCUT2D eigenvalue weighted by atomic mass is 35.5. The molecule has 4 nitrogen and oxygen atoms in total.